The Balaban J connectivity index is 1.13. The van der Waals surface area contributed by atoms with E-state index in [1.807, 2.05) is 72.8 Å². The van der Waals surface area contributed by atoms with E-state index in [4.69, 9.17) is 19.9 Å². The quantitative estimate of drug-likeness (QED) is 0.147. The average Bonchev–Trinajstić information content (AvgIpc) is 3.35. The molecule has 0 unspecified atom stereocenters. The fourth-order valence-electron chi connectivity index (χ4n) is 7.78. The van der Waals surface area contributed by atoms with Gasteiger partial charge in [-0.3, -0.25) is 0 Å². The van der Waals surface area contributed by atoms with Crippen molar-refractivity contribution < 1.29 is 0 Å². The largest absolute Gasteiger partial charge is 0.228 e. The van der Waals surface area contributed by atoms with E-state index >= 15 is 0 Å². The van der Waals surface area contributed by atoms with Crippen molar-refractivity contribution in [1.29, 1.82) is 0 Å². The molecule has 282 valence electrons. The first-order valence-corrected chi connectivity index (χ1v) is 20.1. The van der Waals surface area contributed by atoms with Crippen molar-refractivity contribution in [2.24, 2.45) is 0 Å². The predicted octanol–water partition coefficient (Wildman–Crippen LogP) is 14.3. The lowest BCUT2D eigenvalue weighted by molar-refractivity contribution is 1.18. The molecule has 10 aromatic rings. The van der Waals surface area contributed by atoms with Gasteiger partial charge >= 0.3 is 0 Å². The molecule has 2 aromatic heterocycles. The van der Waals surface area contributed by atoms with Gasteiger partial charge in [0.2, 0.25) is 0 Å². The zero-order chi connectivity index (χ0) is 40.1. The van der Waals surface area contributed by atoms with Gasteiger partial charge in [0.15, 0.2) is 11.6 Å². The highest BCUT2D eigenvalue weighted by Crippen LogP contribution is 2.42. The number of hydrogen-bond donors (Lipinski definition) is 0. The Hall–Kier alpha value is -8.08. The highest BCUT2D eigenvalue weighted by atomic mass is 14.9. The van der Waals surface area contributed by atoms with E-state index in [1.54, 1.807) is 0 Å². The van der Waals surface area contributed by atoms with Gasteiger partial charge in [-0.15, -0.1) is 0 Å². The summed E-state index contributed by atoms with van der Waals surface area (Å²) in [5, 5.41) is 0. The van der Waals surface area contributed by atoms with Gasteiger partial charge in [-0.1, -0.05) is 206 Å². The molecule has 0 aliphatic heterocycles. The Morgan fingerprint density at radius 1 is 0.200 bits per heavy atom. The molecule has 10 rings (SSSR count). The third kappa shape index (κ3) is 7.53. The monoisotopic (exact) mass is 766 g/mol. The van der Waals surface area contributed by atoms with Gasteiger partial charge in [0, 0.05) is 33.4 Å². The van der Waals surface area contributed by atoms with Gasteiger partial charge in [0.1, 0.15) is 0 Å². The normalized spacial score (nSPS) is 11.0. The van der Waals surface area contributed by atoms with Crippen LogP contribution in [0.15, 0.2) is 231 Å². The lowest BCUT2D eigenvalue weighted by Gasteiger charge is -2.18. The number of hydrogen-bond acceptors (Lipinski definition) is 4. The van der Waals surface area contributed by atoms with E-state index < -0.39 is 0 Å². The lowest BCUT2D eigenvalue weighted by atomic mass is 9.86. The van der Waals surface area contributed by atoms with Crippen LogP contribution in [-0.4, -0.2) is 19.9 Å². The molecule has 0 spiro atoms. The molecule has 0 bridgehead atoms. The van der Waals surface area contributed by atoms with E-state index in [1.165, 1.54) is 0 Å². The van der Waals surface area contributed by atoms with Gasteiger partial charge in [0.25, 0.3) is 0 Å². The molecular weight excluding hydrogens is 729 g/mol. The minimum atomic E-state index is 0.669. The summed E-state index contributed by atoms with van der Waals surface area (Å²) in [7, 11) is 0. The van der Waals surface area contributed by atoms with Crippen molar-refractivity contribution in [1.82, 2.24) is 19.9 Å². The number of aromatic nitrogens is 4. The molecule has 0 aliphatic carbocycles. The topological polar surface area (TPSA) is 51.6 Å². The minimum absolute atomic E-state index is 0.669. The zero-order valence-corrected chi connectivity index (χ0v) is 32.7. The second-order valence-corrected chi connectivity index (χ2v) is 14.6. The van der Waals surface area contributed by atoms with Crippen molar-refractivity contribution in [3.8, 4) is 101 Å². The van der Waals surface area contributed by atoms with Gasteiger partial charge in [0.05, 0.1) is 22.8 Å². The molecule has 0 atom stereocenters. The Bertz CT molecular complexity index is 2940. The lowest BCUT2D eigenvalue weighted by Crippen LogP contribution is -1.97. The van der Waals surface area contributed by atoms with Crippen LogP contribution in [-0.2, 0) is 0 Å². The molecule has 60 heavy (non-hydrogen) atoms. The maximum absolute atomic E-state index is 5.17. The Kier molecular flexibility index (Phi) is 9.92. The number of benzene rings is 8. The summed E-state index contributed by atoms with van der Waals surface area (Å²) in [6.07, 6.45) is 0. The Morgan fingerprint density at radius 2 is 0.483 bits per heavy atom. The molecule has 8 aromatic carbocycles. The molecule has 0 radical (unpaired) electrons. The second-order valence-electron chi connectivity index (χ2n) is 14.6. The van der Waals surface area contributed by atoms with Crippen LogP contribution in [0.4, 0.5) is 0 Å². The van der Waals surface area contributed by atoms with Gasteiger partial charge in [-0.2, -0.15) is 0 Å². The standard InChI is InChI=1S/C56H38N4/c1-6-19-39(20-7-1)48-33-18-34-49(44-29-16-31-46(35-44)55-57-50(40-21-8-2-9-22-40)37-51(58-55)41-23-10-3-11-24-41)54(48)45-30-17-32-47(36-45)56-59-52(42-25-12-4-13-26-42)38-53(60-56)43-27-14-5-15-28-43/h1-38H. The number of rotatable bonds is 9. The smallest absolute Gasteiger partial charge is 0.160 e. The van der Waals surface area contributed by atoms with Crippen LogP contribution in [0.1, 0.15) is 0 Å². The van der Waals surface area contributed by atoms with Crippen LogP contribution >= 0.6 is 0 Å². The van der Waals surface area contributed by atoms with Crippen LogP contribution in [0.5, 0.6) is 0 Å². The zero-order valence-electron chi connectivity index (χ0n) is 32.7. The molecule has 0 N–H and O–H groups in total. The predicted molar refractivity (Wildman–Crippen MR) is 247 cm³/mol. The van der Waals surface area contributed by atoms with Crippen LogP contribution < -0.4 is 0 Å². The SMILES string of the molecule is c1ccc(-c2cc(-c3ccccc3)nc(-c3cccc(-c4cccc(-c5ccccc5)c4-c4cccc(-c5nc(-c6ccccc6)cc(-c6ccccc6)n5)c4)c3)n2)cc1. The average molecular weight is 767 g/mol. The summed E-state index contributed by atoms with van der Waals surface area (Å²) in [5.41, 5.74) is 16.2. The number of nitrogens with zero attached hydrogens (tertiary/aromatic N) is 4. The summed E-state index contributed by atoms with van der Waals surface area (Å²) >= 11 is 0. The molecule has 4 heteroatoms. The van der Waals surface area contributed by atoms with Crippen LogP contribution in [0, 0.1) is 0 Å². The molecule has 0 saturated carbocycles. The van der Waals surface area contributed by atoms with Crippen molar-refractivity contribution in [2.45, 2.75) is 0 Å². The van der Waals surface area contributed by atoms with Crippen molar-refractivity contribution in [2.75, 3.05) is 0 Å². The summed E-state index contributed by atoms with van der Waals surface area (Å²) in [4.78, 5) is 20.7. The first-order chi connectivity index (χ1) is 29.7. The minimum Gasteiger partial charge on any atom is -0.228 e. The first kappa shape index (κ1) is 36.3. The summed E-state index contributed by atoms with van der Waals surface area (Å²) in [5.74, 6) is 1.34. The van der Waals surface area contributed by atoms with E-state index in [0.29, 0.717) is 11.6 Å². The van der Waals surface area contributed by atoms with Crippen LogP contribution in [0.2, 0.25) is 0 Å². The molecule has 4 nitrogen and oxygen atoms in total. The highest BCUT2D eigenvalue weighted by Gasteiger charge is 2.18. The molecule has 0 aliphatic rings. The van der Waals surface area contributed by atoms with Gasteiger partial charge < -0.3 is 0 Å². The molecule has 0 saturated heterocycles. The third-order valence-corrected chi connectivity index (χ3v) is 10.7. The van der Waals surface area contributed by atoms with Crippen molar-refractivity contribution in [3.63, 3.8) is 0 Å². The van der Waals surface area contributed by atoms with Crippen LogP contribution in [0.3, 0.4) is 0 Å². The fraction of sp³-hybridized carbons (Fsp3) is 0. The van der Waals surface area contributed by atoms with E-state index in [0.717, 1.165) is 89.5 Å². The highest BCUT2D eigenvalue weighted by molar-refractivity contribution is 5.96. The maximum Gasteiger partial charge on any atom is 0.160 e. The Morgan fingerprint density at radius 3 is 0.883 bits per heavy atom. The maximum atomic E-state index is 5.17. The molecule has 0 fully saturated rings. The van der Waals surface area contributed by atoms with E-state index in [-0.39, 0.29) is 0 Å². The second kappa shape index (κ2) is 16.4. The first-order valence-electron chi connectivity index (χ1n) is 20.1. The van der Waals surface area contributed by atoms with E-state index in [2.05, 4.69) is 158 Å². The Labute approximate surface area is 350 Å². The van der Waals surface area contributed by atoms with Gasteiger partial charge in [-0.05, 0) is 57.6 Å². The summed E-state index contributed by atoms with van der Waals surface area (Å²) in [6, 6.07) is 79.8. The van der Waals surface area contributed by atoms with E-state index in [9.17, 15) is 0 Å². The summed E-state index contributed by atoms with van der Waals surface area (Å²) in [6.45, 7) is 0. The summed E-state index contributed by atoms with van der Waals surface area (Å²) < 4.78 is 0. The van der Waals surface area contributed by atoms with Crippen molar-refractivity contribution in [3.05, 3.63) is 231 Å². The van der Waals surface area contributed by atoms with Crippen molar-refractivity contribution >= 4 is 0 Å². The van der Waals surface area contributed by atoms with Crippen LogP contribution in [0.25, 0.3) is 101 Å². The third-order valence-electron chi connectivity index (χ3n) is 10.7. The molecular formula is C56H38N4. The molecule has 2 heterocycles. The van der Waals surface area contributed by atoms with Gasteiger partial charge in [-0.25, -0.2) is 19.9 Å². The fourth-order valence-corrected chi connectivity index (χ4v) is 7.78. The molecule has 0 amide bonds.